The summed E-state index contributed by atoms with van der Waals surface area (Å²) in [5, 5.41) is 0.809. The topological polar surface area (TPSA) is 6.48 Å². The molecule has 132 valence electrons. The van der Waals surface area contributed by atoms with E-state index in [9.17, 15) is 0 Å². The van der Waals surface area contributed by atoms with Crippen molar-refractivity contribution in [2.45, 2.75) is 20.4 Å². The highest BCUT2D eigenvalue weighted by atomic mass is 35.5. The van der Waals surface area contributed by atoms with E-state index < -0.39 is 0 Å². The maximum atomic E-state index is 5.94. The van der Waals surface area contributed by atoms with E-state index in [1.165, 1.54) is 22.4 Å². The van der Waals surface area contributed by atoms with Crippen LogP contribution < -0.4 is 4.90 Å². The van der Waals surface area contributed by atoms with Crippen LogP contribution in [0.25, 0.3) is 0 Å². The highest BCUT2D eigenvalue weighted by Crippen LogP contribution is 2.21. The minimum absolute atomic E-state index is 0. The van der Waals surface area contributed by atoms with Gasteiger partial charge in [0.2, 0.25) is 0 Å². The Morgan fingerprint density at radius 3 is 2.04 bits per heavy atom. The molecule has 2 aromatic rings. The van der Waals surface area contributed by atoms with Crippen molar-refractivity contribution in [1.29, 1.82) is 0 Å². The summed E-state index contributed by atoms with van der Waals surface area (Å²) in [6, 6.07) is 15.0. The summed E-state index contributed by atoms with van der Waals surface area (Å²) in [6.45, 7) is 9.77. The third kappa shape index (κ3) is 5.29. The van der Waals surface area contributed by atoms with Gasteiger partial charge in [-0.2, -0.15) is 0 Å². The largest absolute Gasteiger partial charge is 0.369 e. The molecular weight excluding hydrogens is 363 g/mol. The van der Waals surface area contributed by atoms with Crippen molar-refractivity contribution >= 4 is 42.1 Å². The Bertz CT molecular complexity index is 636. The summed E-state index contributed by atoms with van der Waals surface area (Å²) in [7, 11) is 0. The van der Waals surface area contributed by atoms with Gasteiger partial charge in [0.05, 0.1) is 0 Å². The Kier molecular flexibility index (Phi) is 8.38. The van der Waals surface area contributed by atoms with Gasteiger partial charge in [-0.25, -0.2) is 0 Å². The normalized spacial score (nSPS) is 14.7. The minimum atomic E-state index is 0. The maximum absolute atomic E-state index is 5.94. The molecule has 0 aliphatic carbocycles. The van der Waals surface area contributed by atoms with Crippen LogP contribution in [0.1, 0.15) is 16.7 Å². The molecule has 5 heteroatoms. The molecule has 0 spiro atoms. The lowest BCUT2D eigenvalue weighted by molar-refractivity contribution is 0.250. The Balaban J connectivity index is 0.00000144. The molecule has 0 atom stereocenters. The average molecular weight is 388 g/mol. The number of piperazine rings is 1. The van der Waals surface area contributed by atoms with Crippen molar-refractivity contribution in [2.24, 2.45) is 0 Å². The number of hydrogen-bond acceptors (Lipinski definition) is 2. The van der Waals surface area contributed by atoms with Gasteiger partial charge in [0.15, 0.2) is 0 Å². The molecule has 0 N–H and O–H groups in total. The summed E-state index contributed by atoms with van der Waals surface area (Å²) in [4.78, 5) is 5.01. The molecule has 3 rings (SSSR count). The van der Waals surface area contributed by atoms with Crippen LogP contribution in [0.2, 0.25) is 5.02 Å². The van der Waals surface area contributed by atoms with Crippen LogP contribution in [-0.4, -0.2) is 31.1 Å². The summed E-state index contributed by atoms with van der Waals surface area (Å²) in [5.41, 5.74) is 5.43. The predicted molar refractivity (Wildman–Crippen MR) is 109 cm³/mol. The smallest absolute Gasteiger partial charge is 0.0406 e. The maximum Gasteiger partial charge on any atom is 0.0406 e. The number of hydrogen-bond donors (Lipinski definition) is 0. The second-order valence-corrected chi connectivity index (χ2v) is 6.59. The van der Waals surface area contributed by atoms with E-state index in [0.29, 0.717) is 0 Å². The molecule has 1 saturated heterocycles. The number of anilines is 1. The molecular formula is C19H25Cl3N2. The first-order valence-electron chi connectivity index (χ1n) is 7.91. The lowest BCUT2D eigenvalue weighted by Crippen LogP contribution is -2.46. The first-order chi connectivity index (χ1) is 10.6. The monoisotopic (exact) mass is 386 g/mol. The number of rotatable bonds is 3. The van der Waals surface area contributed by atoms with E-state index >= 15 is 0 Å². The summed E-state index contributed by atoms with van der Waals surface area (Å²) in [6.07, 6.45) is 0. The van der Waals surface area contributed by atoms with Crippen LogP contribution in [-0.2, 0) is 6.54 Å². The van der Waals surface area contributed by atoms with Crippen molar-refractivity contribution in [1.82, 2.24) is 4.90 Å². The summed E-state index contributed by atoms with van der Waals surface area (Å²) >= 11 is 5.94. The number of benzene rings is 2. The van der Waals surface area contributed by atoms with Crippen LogP contribution in [0.4, 0.5) is 5.69 Å². The Morgan fingerprint density at radius 2 is 1.46 bits per heavy atom. The molecule has 0 bridgehead atoms. The summed E-state index contributed by atoms with van der Waals surface area (Å²) in [5.74, 6) is 0. The van der Waals surface area contributed by atoms with Crippen molar-refractivity contribution in [3.05, 3.63) is 64.2 Å². The van der Waals surface area contributed by atoms with E-state index in [1.54, 1.807) is 0 Å². The highest BCUT2D eigenvalue weighted by Gasteiger charge is 2.17. The Morgan fingerprint density at radius 1 is 0.833 bits per heavy atom. The zero-order valence-electron chi connectivity index (χ0n) is 14.2. The molecule has 2 nitrogen and oxygen atoms in total. The van der Waals surface area contributed by atoms with Crippen LogP contribution in [0.5, 0.6) is 0 Å². The van der Waals surface area contributed by atoms with E-state index in [0.717, 1.165) is 37.7 Å². The molecule has 0 radical (unpaired) electrons. The molecule has 2 aromatic carbocycles. The average Bonchev–Trinajstić information content (AvgIpc) is 2.53. The molecule has 24 heavy (non-hydrogen) atoms. The predicted octanol–water partition coefficient (Wildman–Crippen LogP) is 5.12. The van der Waals surface area contributed by atoms with Crippen LogP contribution in [0.3, 0.4) is 0 Å². The van der Waals surface area contributed by atoms with E-state index in [2.05, 4.69) is 54.0 Å². The van der Waals surface area contributed by atoms with Gasteiger partial charge in [0.1, 0.15) is 0 Å². The zero-order valence-corrected chi connectivity index (χ0v) is 16.6. The van der Waals surface area contributed by atoms with E-state index in [1.807, 2.05) is 12.1 Å². The zero-order chi connectivity index (χ0) is 15.5. The lowest BCUT2D eigenvalue weighted by Gasteiger charge is -2.36. The quantitative estimate of drug-likeness (QED) is 0.721. The first kappa shape index (κ1) is 21.1. The molecule has 1 aliphatic heterocycles. The molecule has 0 unspecified atom stereocenters. The summed E-state index contributed by atoms with van der Waals surface area (Å²) < 4.78 is 0. The van der Waals surface area contributed by atoms with Gasteiger partial charge in [-0.3, -0.25) is 4.90 Å². The molecule has 0 amide bonds. The second-order valence-electron chi connectivity index (χ2n) is 6.16. The Labute approximate surface area is 162 Å². The first-order valence-corrected chi connectivity index (χ1v) is 8.28. The van der Waals surface area contributed by atoms with Crippen molar-refractivity contribution in [2.75, 3.05) is 31.1 Å². The van der Waals surface area contributed by atoms with Crippen LogP contribution >= 0.6 is 36.4 Å². The van der Waals surface area contributed by atoms with E-state index in [-0.39, 0.29) is 24.8 Å². The molecule has 0 aromatic heterocycles. The van der Waals surface area contributed by atoms with Gasteiger partial charge >= 0.3 is 0 Å². The molecule has 1 aliphatic rings. The second kappa shape index (κ2) is 9.53. The lowest BCUT2D eigenvalue weighted by atomic mass is 10.1. The third-order valence-electron chi connectivity index (χ3n) is 4.55. The fraction of sp³-hybridized carbons (Fsp3) is 0.368. The number of halogens is 3. The molecule has 1 heterocycles. The fourth-order valence-electron chi connectivity index (χ4n) is 2.93. The van der Waals surface area contributed by atoms with Gasteiger partial charge in [0, 0.05) is 43.4 Å². The molecule has 1 fully saturated rings. The van der Waals surface area contributed by atoms with Gasteiger partial charge in [-0.05, 0) is 54.8 Å². The minimum Gasteiger partial charge on any atom is -0.369 e. The third-order valence-corrected chi connectivity index (χ3v) is 4.80. The highest BCUT2D eigenvalue weighted by molar-refractivity contribution is 6.30. The van der Waals surface area contributed by atoms with Crippen LogP contribution in [0, 0.1) is 13.8 Å². The van der Waals surface area contributed by atoms with Crippen molar-refractivity contribution < 1.29 is 0 Å². The fourth-order valence-corrected chi connectivity index (χ4v) is 3.06. The van der Waals surface area contributed by atoms with Gasteiger partial charge in [0.25, 0.3) is 0 Å². The standard InChI is InChI=1S/C19H23ClN2.2ClH/c1-15-3-8-19(13-16(15)2)22-11-9-21(10-12-22)14-17-4-6-18(20)7-5-17;;/h3-8,13H,9-12,14H2,1-2H3;2*1H. The van der Waals surface area contributed by atoms with Crippen LogP contribution in [0.15, 0.2) is 42.5 Å². The molecule has 0 saturated carbocycles. The van der Waals surface area contributed by atoms with Gasteiger partial charge < -0.3 is 4.90 Å². The van der Waals surface area contributed by atoms with Gasteiger partial charge in [-0.1, -0.05) is 29.8 Å². The Hall–Kier alpha value is -0.930. The van der Waals surface area contributed by atoms with E-state index in [4.69, 9.17) is 11.6 Å². The van der Waals surface area contributed by atoms with Gasteiger partial charge in [-0.15, -0.1) is 24.8 Å². The number of aryl methyl sites for hydroxylation is 2. The number of nitrogens with zero attached hydrogens (tertiary/aromatic N) is 2. The van der Waals surface area contributed by atoms with Crippen molar-refractivity contribution in [3.8, 4) is 0 Å². The SMILES string of the molecule is Cc1ccc(N2CCN(Cc3ccc(Cl)cc3)CC2)cc1C.Cl.Cl. The van der Waals surface area contributed by atoms with Crippen molar-refractivity contribution in [3.63, 3.8) is 0 Å².